The van der Waals surface area contributed by atoms with E-state index in [1.807, 2.05) is 0 Å². The minimum Gasteiger partial charge on any atom is -0.464 e. The number of ether oxygens (including phenoxy) is 1. The van der Waals surface area contributed by atoms with E-state index >= 15 is 0 Å². The molecule has 0 saturated heterocycles. The zero-order valence-electron chi connectivity index (χ0n) is 22.3. The third kappa shape index (κ3) is 15.1. The molecule has 0 radical (unpaired) electrons. The van der Waals surface area contributed by atoms with Crippen LogP contribution in [0.5, 0.6) is 0 Å². The van der Waals surface area contributed by atoms with E-state index in [-0.39, 0.29) is 5.56 Å². The van der Waals surface area contributed by atoms with Gasteiger partial charge < -0.3 is 10.1 Å². The summed E-state index contributed by atoms with van der Waals surface area (Å²) in [5, 5.41) is 2.47. The second-order valence-corrected chi connectivity index (χ2v) is 9.74. The number of halogens is 3. The highest BCUT2D eigenvalue weighted by Crippen LogP contribution is 2.29. The van der Waals surface area contributed by atoms with E-state index in [0.717, 1.165) is 43.5 Å². The number of benzene rings is 1. The van der Waals surface area contributed by atoms with Crippen LogP contribution in [0.15, 0.2) is 24.3 Å². The van der Waals surface area contributed by atoms with Gasteiger partial charge in [0.05, 0.1) is 12.2 Å². The monoisotopic (exact) mass is 513 g/mol. The van der Waals surface area contributed by atoms with E-state index in [1.54, 1.807) is 0 Å². The van der Waals surface area contributed by atoms with Crippen LogP contribution in [-0.2, 0) is 15.7 Å². The van der Waals surface area contributed by atoms with Crippen molar-refractivity contribution in [3.05, 3.63) is 35.4 Å². The van der Waals surface area contributed by atoms with Crippen molar-refractivity contribution >= 4 is 11.9 Å². The van der Waals surface area contributed by atoms with Crippen LogP contribution >= 0.6 is 0 Å². The van der Waals surface area contributed by atoms with Crippen molar-refractivity contribution < 1.29 is 27.5 Å². The number of carbonyl (C=O) groups excluding carboxylic acids is 2. The van der Waals surface area contributed by atoms with E-state index < -0.39 is 29.7 Å². The molecule has 0 heterocycles. The second kappa shape index (κ2) is 19.1. The third-order valence-corrected chi connectivity index (χ3v) is 6.42. The molecule has 0 unspecified atom stereocenters. The van der Waals surface area contributed by atoms with Crippen molar-refractivity contribution in [3.63, 3.8) is 0 Å². The average molecular weight is 514 g/mol. The van der Waals surface area contributed by atoms with Gasteiger partial charge in [-0.3, -0.25) is 4.79 Å². The highest BCUT2D eigenvalue weighted by atomic mass is 19.4. The number of rotatable bonds is 20. The molecule has 36 heavy (non-hydrogen) atoms. The van der Waals surface area contributed by atoms with Gasteiger partial charge in [-0.1, -0.05) is 103 Å². The number of nitrogens with one attached hydrogen (secondary N) is 1. The van der Waals surface area contributed by atoms with Crippen LogP contribution in [0.25, 0.3) is 0 Å². The molecule has 0 saturated carbocycles. The molecular formula is C29H46F3NO3. The minimum atomic E-state index is -4.46. The first-order valence-corrected chi connectivity index (χ1v) is 13.9. The van der Waals surface area contributed by atoms with Crippen LogP contribution in [0, 0.1) is 0 Å². The average Bonchev–Trinajstić information content (AvgIpc) is 2.85. The van der Waals surface area contributed by atoms with Gasteiger partial charge in [-0.25, -0.2) is 4.79 Å². The van der Waals surface area contributed by atoms with E-state index in [0.29, 0.717) is 6.61 Å². The lowest BCUT2D eigenvalue weighted by Gasteiger charge is -2.14. The maximum absolute atomic E-state index is 12.6. The Morgan fingerprint density at radius 1 is 0.750 bits per heavy atom. The highest BCUT2D eigenvalue weighted by Gasteiger charge is 2.30. The molecule has 1 rings (SSSR count). The van der Waals surface area contributed by atoms with E-state index in [1.165, 1.54) is 90.4 Å². The zero-order valence-corrected chi connectivity index (χ0v) is 22.3. The van der Waals surface area contributed by atoms with Crippen molar-refractivity contribution in [3.8, 4) is 0 Å². The van der Waals surface area contributed by atoms with E-state index in [2.05, 4.69) is 12.2 Å². The van der Waals surface area contributed by atoms with Crippen LogP contribution in [-0.4, -0.2) is 24.5 Å². The predicted molar refractivity (Wildman–Crippen MR) is 139 cm³/mol. The number of hydrogen-bond acceptors (Lipinski definition) is 3. The standard InChI is InChI=1S/C29H46F3NO3/c1-3-4-5-6-7-8-9-10-11-12-13-14-15-16-17-18-23-36-28(35)24(2)33-27(34)25-19-21-26(22-20-25)29(30,31)32/h19-22,24H,3-18,23H2,1-2H3,(H,33,34)/t24-/m0/s1. The summed E-state index contributed by atoms with van der Waals surface area (Å²) in [7, 11) is 0. The molecular weight excluding hydrogens is 467 g/mol. The number of hydrogen-bond donors (Lipinski definition) is 1. The smallest absolute Gasteiger partial charge is 0.416 e. The van der Waals surface area contributed by atoms with Gasteiger partial charge in [-0.2, -0.15) is 13.2 Å². The molecule has 206 valence electrons. The molecule has 0 bridgehead atoms. The largest absolute Gasteiger partial charge is 0.464 e. The second-order valence-electron chi connectivity index (χ2n) is 9.74. The van der Waals surface area contributed by atoms with Crippen LogP contribution in [0.4, 0.5) is 13.2 Å². The summed E-state index contributed by atoms with van der Waals surface area (Å²) in [6, 6.07) is 2.99. The Morgan fingerprint density at radius 2 is 1.17 bits per heavy atom. The Labute approximate surface area is 215 Å². The first-order chi connectivity index (χ1) is 17.3. The van der Waals surface area contributed by atoms with Crippen LogP contribution in [0.3, 0.4) is 0 Å². The Bertz CT molecular complexity index is 719. The molecule has 0 aliphatic heterocycles. The fraction of sp³-hybridized carbons (Fsp3) is 0.724. The van der Waals surface area contributed by atoms with Crippen LogP contribution < -0.4 is 5.32 Å². The topological polar surface area (TPSA) is 55.4 Å². The van der Waals surface area contributed by atoms with Gasteiger partial charge in [0.2, 0.25) is 0 Å². The van der Waals surface area contributed by atoms with Gasteiger partial charge >= 0.3 is 12.1 Å². The molecule has 1 aromatic rings. The summed E-state index contributed by atoms with van der Waals surface area (Å²) in [4.78, 5) is 24.2. The third-order valence-electron chi connectivity index (χ3n) is 6.42. The maximum Gasteiger partial charge on any atom is 0.416 e. The van der Waals surface area contributed by atoms with Crippen LogP contribution in [0.1, 0.15) is 133 Å². The Morgan fingerprint density at radius 3 is 1.58 bits per heavy atom. The predicted octanol–water partition coefficient (Wildman–Crippen LogP) is 8.63. The highest BCUT2D eigenvalue weighted by molar-refractivity contribution is 5.96. The minimum absolute atomic E-state index is 0.0560. The molecule has 1 aromatic carbocycles. The molecule has 0 spiro atoms. The summed E-state index contributed by atoms with van der Waals surface area (Å²) >= 11 is 0. The summed E-state index contributed by atoms with van der Waals surface area (Å²) < 4.78 is 43.1. The normalized spacial score (nSPS) is 12.4. The molecule has 7 heteroatoms. The fourth-order valence-electron chi connectivity index (χ4n) is 4.10. The fourth-order valence-corrected chi connectivity index (χ4v) is 4.10. The van der Waals surface area contributed by atoms with E-state index in [9.17, 15) is 22.8 Å². The van der Waals surface area contributed by atoms with Crippen LogP contribution in [0.2, 0.25) is 0 Å². The van der Waals surface area contributed by atoms with Crippen molar-refractivity contribution in [1.29, 1.82) is 0 Å². The summed E-state index contributed by atoms with van der Waals surface area (Å²) in [6.45, 7) is 4.06. The van der Waals surface area contributed by atoms with Gasteiger partial charge in [0.1, 0.15) is 6.04 Å². The number of alkyl halides is 3. The number of unbranched alkanes of at least 4 members (excludes halogenated alkanes) is 15. The zero-order chi connectivity index (χ0) is 26.7. The molecule has 1 N–H and O–H groups in total. The molecule has 1 atom stereocenters. The lowest BCUT2D eigenvalue weighted by atomic mass is 10.0. The first kappa shape index (κ1) is 32.0. The molecule has 0 aliphatic carbocycles. The number of carbonyl (C=O) groups is 2. The van der Waals surface area contributed by atoms with Crippen molar-refractivity contribution in [1.82, 2.24) is 5.32 Å². The molecule has 4 nitrogen and oxygen atoms in total. The number of amides is 1. The Hall–Kier alpha value is -2.05. The first-order valence-electron chi connectivity index (χ1n) is 13.9. The molecule has 0 aromatic heterocycles. The van der Waals surface area contributed by atoms with Gasteiger partial charge in [-0.05, 0) is 37.6 Å². The maximum atomic E-state index is 12.6. The van der Waals surface area contributed by atoms with Gasteiger partial charge in [0, 0.05) is 5.56 Å². The SMILES string of the molecule is CCCCCCCCCCCCCCCCCCOC(=O)[C@H](C)NC(=O)c1ccc(C(F)(F)F)cc1. The Kier molecular flexibility index (Phi) is 17.0. The van der Waals surface area contributed by atoms with Gasteiger partial charge in [-0.15, -0.1) is 0 Å². The molecule has 0 aliphatic rings. The van der Waals surface area contributed by atoms with Crippen molar-refractivity contribution in [2.45, 2.75) is 129 Å². The van der Waals surface area contributed by atoms with E-state index in [4.69, 9.17) is 4.74 Å². The summed E-state index contributed by atoms with van der Waals surface area (Å²) in [5.41, 5.74) is -0.772. The number of esters is 1. The van der Waals surface area contributed by atoms with Crippen molar-refractivity contribution in [2.75, 3.05) is 6.61 Å². The quantitative estimate of drug-likeness (QED) is 0.140. The summed E-state index contributed by atoms with van der Waals surface area (Å²) in [6.07, 6.45) is 15.9. The molecule has 1 amide bonds. The summed E-state index contributed by atoms with van der Waals surface area (Å²) in [5.74, 6) is -1.16. The lowest BCUT2D eigenvalue weighted by Crippen LogP contribution is -2.39. The molecule has 0 fully saturated rings. The van der Waals surface area contributed by atoms with Crippen molar-refractivity contribution in [2.24, 2.45) is 0 Å². The van der Waals surface area contributed by atoms with Gasteiger partial charge in [0.25, 0.3) is 5.91 Å². The van der Waals surface area contributed by atoms with Gasteiger partial charge in [0.15, 0.2) is 0 Å². The lowest BCUT2D eigenvalue weighted by molar-refractivity contribution is -0.145. The Balaban J connectivity index is 1.98.